The van der Waals surface area contributed by atoms with E-state index in [9.17, 15) is 0 Å². The van der Waals surface area contributed by atoms with Gasteiger partial charge in [0.2, 0.25) is 0 Å². The summed E-state index contributed by atoms with van der Waals surface area (Å²) in [7, 11) is 0. The number of aryl methyl sites for hydroxylation is 4. The number of halogens is 2. The third-order valence-electron chi connectivity index (χ3n) is 16.9. The van der Waals surface area contributed by atoms with E-state index in [1.54, 1.807) is 22.3 Å². The van der Waals surface area contributed by atoms with Gasteiger partial charge in [-0.05, 0) is 0 Å². The van der Waals surface area contributed by atoms with Gasteiger partial charge in [0.1, 0.15) is 0 Å². The third-order valence-corrected chi connectivity index (χ3v) is 34.3. The molecule has 0 amide bonds. The number of hydrogen-bond acceptors (Lipinski definition) is 0. The maximum Gasteiger partial charge on any atom is -0.147 e. The molecule has 10 rings (SSSR count). The van der Waals surface area contributed by atoms with Crippen LogP contribution in [0.2, 0.25) is 9.26 Å². The minimum Gasteiger partial charge on any atom is -0.147 e. The molecule has 0 saturated heterocycles. The molecule has 0 bridgehead atoms. The molecule has 0 nitrogen and oxygen atoms in total. The summed E-state index contributed by atoms with van der Waals surface area (Å²) >= 11 is -4.29. The summed E-state index contributed by atoms with van der Waals surface area (Å²) in [6, 6.07) is 48.0. The zero-order chi connectivity index (χ0) is 45.6. The Morgan fingerprint density at radius 1 is 0.382 bits per heavy atom. The predicted octanol–water partition coefficient (Wildman–Crippen LogP) is 19.1. The fourth-order valence-corrected chi connectivity index (χ4v) is 33.0. The van der Waals surface area contributed by atoms with Crippen LogP contribution in [0.3, 0.4) is 0 Å². The first-order valence-corrected chi connectivity index (χ1v) is 39.7. The van der Waals surface area contributed by atoms with Crippen LogP contribution in [-0.4, -0.2) is 6.88 Å². The van der Waals surface area contributed by atoms with Gasteiger partial charge in [-0.3, -0.25) is 0 Å². The van der Waals surface area contributed by atoms with Crippen LogP contribution in [-0.2, 0) is 17.4 Å². The minimum atomic E-state index is -4.29. The monoisotopic (exact) mass is 1030 g/mol. The number of benzene rings is 6. The number of allylic oxidation sites excluding steroid dienone is 2. The van der Waals surface area contributed by atoms with Crippen LogP contribution >= 0.6 is 24.8 Å². The van der Waals surface area contributed by atoms with Crippen LogP contribution < -0.4 is 0 Å². The van der Waals surface area contributed by atoms with Gasteiger partial charge in [0, 0.05) is 0 Å². The van der Waals surface area contributed by atoms with E-state index in [-0.39, 0.29) is 24.8 Å². The van der Waals surface area contributed by atoms with Crippen LogP contribution in [0.4, 0.5) is 0 Å². The summed E-state index contributed by atoms with van der Waals surface area (Å²) in [6.45, 7) is 11.5. The van der Waals surface area contributed by atoms with E-state index >= 15 is 0 Å². The molecule has 2 saturated carbocycles. The quantitative estimate of drug-likeness (QED) is 0.0947. The summed E-state index contributed by atoms with van der Waals surface area (Å²) in [5, 5.41) is 0. The van der Waals surface area contributed by atoms with Crippen LogP contribution in [0.15, 0.2) is 132 Å². The van der Waals surface area contributed by atoms with Crippen molar-refractivity contribution < 1.29 is 17.4 Å². The SMILES string of the molecule is Cc1ccc(-c2ccc(-c3ccc(C)cc3)c3c2C=C(CC2CCCCCC2)[CH]3[Zr]([CH3])([CH3])(=[SiH2])[CH]2C(CC3CCCCCC3)=Cc3c(-c4ccc(C)cc4)ccc(-c4ccc(C)cc4)c32)cc1.Cl.Cl. The van der Waals surface area contributed by atoms with Crippen LogP contribution in [0.5, 0.6) is 0 Å². The van der Waals surface area contributed by atoms with Crippen molar-refractivity contribution in [2.45, 2.75) is 134 Å². The molecule has 2 fully saturated rings. The summed E-state index contributed by atoms with van der Waals surface area (Å²) in [6.07, 6.45) is 24.7. The Morgan fingerprint density at radius 2 is 0.647 bits per heavy atom. The van der Waals surface area contributed by atoms with Crippen molar-refractivity contribution >= 4 is 43.8 Å². The van der Waals surface area contributed by atoms with Crippen molar-refractivity contribution in [3.05, 3.63) is 177 Å². The first kappa shape index (κ1) is 50.9. The van der Waals surface area contributed by atoms with Gasteiger partial charge >= 0.3 is 404 Å². The largest absolute Gasteiger partial charge is 0.147 e. The molecular weight excluding hydrogens is 959 g/mol. The summed E-state index contributed by atoms with van der Waals surface area (Å²) in [5.41, 5.74) is 26.4. The molecule has 354 valence electrons. The fourth-order valence-electron chi connectivity index (χ4n) is 13.5. The second-order valence-electron chi connectivity index (χ2n) is 22.8. The average Bonchev–Trinajstić information content (AvgIpc) is 3.64. The Labute approximate surface area is 425 Å². The topological polar surface area (TPSA) is 0 Å². The molecule has 2 unspecified atom stereocenters. The standard InChI is InChI=1S/2C31H33.2CH3.2ClH.H2Si.Zr/c2*1-22-9-13-26(14-10-22)28-17-18-29(27-15-11-23(2)12-16-27)31-21-25(20-30(28)31)19-24-7-5-3-4-6-8-24;;;;;;/h2*9-18,20-21,24H,3-8,19H2,1-2H3;2*1H3;2*1H;1H2;. The van der Waals surface area contributed by atoms with Gasteiger partial charge in [-0.2, -0.15) is 0 Å². The Balaban J connectivity index is 0.00000312. The van der Waals surface area contributed by atoms with E-state index in [0.717, 1.165) is 11.8 Å². The molecule has 0 N–H and O–H groups in total. The van der Waals surface area contributed by atoms with Gasteiger partial charge in [0.05, 0.1) is 0 Å². The number of rotatable bonds is 10. The summed E-state index contributed by atoms with van der Waals surface area (Å²) < 4.78 is 6.76. The molecule has 0 heterocycles. The molecule has 0 aromatic heterocycles. The molecule has 0 spiro atoms. The molecule has 0 radical (unpaired) electrons. The molecule has 6 aromatic carbocycles. The second kappa shape index (κ2) is 21.1. The molecule has 4 aliphatic carbocycles. The fraction of sp³-hybridized carbons (Fsp3) is 0.375. The smallest absolute Gasteiger partial charge is 0.147 e. The molecular formula is C64H76Cl2SiZr. The van der Waals surface area contributed by atoms with E-state index in [0.29, 0.717) is 7.25 Å². The van der Waals surface area contributed by atoms with Crippen molar-refractivity contribution in [1.82, 2.24) is 0 Å². The molecule has 2 atom stereocenters. The molecule has 4 aliphatic rings. The number of fused-ring (bicyclic) bond motifs is 2. The third kappa shape index (κ3) is 10.2. The Morgan fingerprint density at radius 3 is 0.941 bits per heavy atom. The molecule has 6 aromatic rings. The average molecular weight is 1040 g/mol. The van der Waals surface area contributed by atoms with Gasteiger partial charge in [-0.1, -0.05) is 0 Å². The Bertz CT molecular complexity index is 2670. The molecule has 4 heteroatoms. The van der Waals surface area contributed by atoms with E-state index in [1.165, 1.54) is 168 Å². The zero-order valence-corrected chi connectivity index (χ0v) is 47.4. The van der Waals surface area contributed by atoms with Gasteiger partial charge in [0.25, 0.3) is 0 Å². The van der Waals surface area contributed by atoms with Gasteiger partial charge in [-0.15, -0.1) is 24.8 Å². The maximum absolute atomic E-state index is 4.29. The molecule has 68 heavy (non-hydrogen) atoms. The number of hydrogen-bond donors (Lipinski definition) is 0. The van der Waals surface area contributed by atoms with Crippen molar-refractivity contribution in [1.29, 1.82) is 0 Å². The first-order chi connectivity index (χ1) is 31.9. The molecule has 0 aliphatic heterocycles. The summed E-state index contributed by atoms with van der Waals surface area (Å²) in [5.74, 6) is 1.51. The van der Waals surface area contributed by atoms with E-state index < -0.39 is 17.4 Å². The summed E-state index contributed by atoms with van der Waals surface area (Å²) in [4.78, 5) is 0. The van der Waals surface area contributed by atoms with Crippen LogP contribution in [0.25, 0.3) is 56.7 Å². The van der Waals surface area contributed by atoms with E-state index in [1.807, 2.05) is 0 Å². The van der Waals surface area contributed by atoms with Crippen molar-refractivity contribution in [3.63, 3.8) is 0 Å². The second-order valence-corrected chi connectivity index (χ2v) is 53.3. The van der Waals surface area contributed by atoms with Crippen molar-refractivity contribution in [2.75, 3.05) is 0 Å². The van der Waals surface area contributed by atoms with Gasteiger partial charge < -0.3 is 0 Å². The predicted molar refractivity (Wildman–Crippen MR) is 301 cm³/mol. The Hall–Kier alpha value is -3.52. The van der Waals surface area contributed by atoms with Crippen molar-refractivity contribution in [3.8, 4) is 44.5 Å². The van der Waals surface area contributed by atoms with Gasteiger partial charge in [0.15, 0.2) is 0 Å². The van der Waals surface area contributed by atoms with Crippen molar-refractivity contribution in [2.24, 2.45) is 11.8 Å². The van der Waals surface area contributed by atoms with E-state index in [4.69, 9.17) is 0 Å². The zero-order valence-electron chi connectivity index (χ0n) is 41.9. The van der Waals surface area contributed by atoms with Gasteiger partial charge in [-0.25, -0.2) is 0 Å². The van der Waals surface area contributed by atoms with Crippen LogP contribution in [0.1, 0.15) is 142 Å². The van der Waals surface area contributed by atoms with Crippen LogP contribution in [0, 0.1) is 39.5 Å². The maximum atomic E-state index is 2.95. The first-order valence-electron chi connectivity index (χ1n) is 26.0. The normalized spacial score (nSPS) is 18.9. The minimum absolute atomic E-state index is 0. The van der Waals surface area contributed by atoms with E-state index in [2.05, 4.69) is 177 Å². The Kier molecular flexibility index (Phi) is 15.7.